The van der Waals surface area contributed by atoms with Crippen molar-refractivity contribution < 1.29 is 0 Å². The molecule has 4 saturated carbocycles. The number of rotatable bonds is 3. The van der Waals surface area contributed by atoms with Crippen molar-refractivity contribution in [2.24, 2.45) is 18.9 Å². The summed E-state index contributed by atoms with van der Waals surface area (Å²) in [6, 6.07) is 0. The van der Waals surface area contributed by atoms with E-state index >= 15 is 0 Å². The summed E-state index contributed by atoms with van der Waals surface area (Å²) in [5.74, 6) is 1.75. The lowest BCUT2D eigenvalue weighted by Gasteiger charge is -2.59. The minimum absolute atomic E-state index is 0.265. The van der Waals surface area contributed by atoms with Gasteiger partial charge in [0.15, 0.2) is 0 Å². The van der Waals surface area contributed by atoms with E-state index in [1.165, 1.54) is 49.8 Å². The third-order valence-corrected chi connectivity index (χ3v) is 7.10. The standard InChI is InChI=1S/C17H22BrN5/c1-22-8-14(7-19-22)9-23-10-15(20-21-23)16-3-12-2-13(4-16)6-17(18,5-12)11-16/h7-8,10,12-13H,2-6,9,11H2,1H3. The Hall–Kier alpha value is -1.17. The average molecular weight is 376 g/mol. The van der Waals surface area contributed by atoms with Crippen LogP contribution in [0.2, 0.25) is 0 Å². The van der Waals surface area contributed by atoms with Crippen molar-refractivity contribution in [1.82, 2.24) is 24.8 Å². The summed E-state index contributed by atoms with van der Waals surface area (Å²) in [7, 11) is 1.95. The van der Waals surface area contributed by atoms with Gasteiger partial charge in [-0.1, -0.05) is 21.1 Å². The summed E-state index contributed by atoms with van der Waals surface area (Å²) in [5, 5.41) is 13.3. The first-order valence-corrected chi connectivity index (χ1v) is 9.38. The first kappa shape index (κ1) is 14.2. The first-order chi connectivity index (χ1) is 11.0. The number of aryl methyl sites for hydroxylation is 1. The molecule has 0 amide bonds. The maximum Gasteiger partial charge on any atom is 0.0889 e. The maximum atomic E-state index is 4.61. The Morgan fingerprint density at radius 3 is 2.65 bits per heavy atom. The van der Waals surface area contributed by atoms with Crippen LogP contribution in [0.1, 0.15) is 49.8 Å². The number of halogens is 1. The fourth-order valence-corrected chi connectivity index (χ4v) is 7.26. The van der Waals surface area contributed by atoms with Crippen molar-refractivity contribution in [2.75, 3.05) is 0 Å². The molecule has 6 heteroatoms. The molecule has 0 spiro atoms. The van der Waals surface area contributed by atoms with Gasteiger partial charge in [0.25, 0.3) is 0 Å². The zero-order valence-corrected chi connectivity index (χ0v) is 15.0. The van der Waals surface area contributed by atoms with Gasteiger partial charge in [0, 0.05) is 34.7 Å². The molecular formula is C17H22BrN5. The summed E-state index contributed by atoms with van der Waals surface area (Å²) in [5.41, 5.74) is 2.66. The zero-order chi connectivity index (χ0) is 15.7. The molecule has 0 radical (unpaired) electrons. The van der Waals surface area contributed by atoms with E-state index in [2.05, 4.69) is 37.5 Å². The molecule has 2 aromatic rings. The number of alkyl halides is 1. The number of hydrogen-bond acceptors (Lipinski definition) is 3. The third-order valence-electron chi connectivity index (χ3n) is 6.17. The van der Waals surface area contributed by atoms with E-state index in [-0.39, 0.29) is 5.41 Å². The topological polar surface area (TPSA) is 48.5 Å². The molecule has 2 aromatic heterocycles. The van der Waals surface area contributed by atoms with Crippen LogP contribution in [0.25, 0.3) is 0 Å². The van der Waals surface area contributed by atoms with Gasteiger partial charge >= 0.3 is 0 Å². The third kappa shape index (κ3) is 2.29. The predicted octanol–water partition coefficient (Wildman–Crippen LogP) is 3.05. The van der Waals surface area contributed by atoms with Crippen LogP contribution in [0.3, 0.4) is 0 Å². The Morgan fingerprint density at radius 2 is 2.00 bits per heavy atom. The quantitative estimate of drug-likeness (QED) is 0.774. The fourth-order valence-electron chi connectivity index (χ4n) is 5.81. The minimum atomic E-state index is 0.265. The van der Waals surface area contributed by atoms with Gasteiger partial charge in [-0.25, -0.2) is 4.68 Å². The van der Waals surface area contributed by atoms with Crippen molar-refractivity contribution >= 4 is 15.9 Å². The molecule has 4 aliphatic rings. The van der Waals surface area contributed by atoms with Crippen molar-refractivity contribution in [3.63, 3.8) is 0 Å². The highest BCUT2D eigenvalue weighted by molar-refractivity contribution is 9.10. The largest absolute Gasteiger partial charge is 0.275 e. The van der Waals surface area contributed by atoms with Crippen LogP contribution >= 0.6 is 15.9 Å². The Labute approximate surface area is 144 Å². The van der Waals surface area contributed by atoms with Gasteiger partial charge in [0.05, 0.1) is 18.4 Å². The van der Waals surface area contributed by atoms with Crippen LogP contribution in [0, 0.1) is 11.8 Å². The summed E-state index contributed by atoms with van der Waals surface area (Å²) in [6.07, 6.45) is 14.1. The number of aromatic nitrogens is 5. The van der Waals surface area contributed by atoms with E-state index in [9.17, 15) is 0 Å². The van der Waals surface area contributed by atoms with Crippen molar-refractivity contribution in [3.05, 3.63) is 29.8 Å². The second kappa shape index (κ2) is 4.68. The Morgan fingerprint density at radius 1 is 1.22 bits per heavy atom. The highest BCUT2D eigenvalue weighted by Crippen LogP contribution is 2.64. The second-order valence-corrected chi connectivity index (χ2v) is 9.90. The van der Waals surface area contributed by atoms with Gasteiger partial charge in [0.1, 0.15) is 0 Å². The maximum absolute atomic E-state index is 4.61. The Bertz CT molecular complexity index is 734. The average Bonchev–Trinajstić information content (AvgIpc) is 3.06. The molecular weight excluding hydrogens is 354 g/mol. The van der Waals surface area contributed by atoms with E-state index in [1.807, 2.05) is 28.8 Å². The molecule has 0 saturated heterocycles. The summed E-state index contributed by atoms with van der Waals surface area (Å²) < 4.78 is 4.18. The van der Waals surface area contributed by atoms with Crippen molar-refractivity contribution in [3.8, 4) is 0 Å². The lowest BCUT2D eigenvalue weighted by atomic mass is 9.49. The van der Waals surface area contributed by atoms with E-state index in [0.29, 0.717) is 4.32 Å². The lowest BCUT2D eigenvalue weighted by Crippen LogP contribution is -2.55. The molecule has 23 heavy (non-hydrogen) atoms. The van der Waals surface area contributed by atoms with Crippen LogP contribution in [0.5, 0.6) is 0 Å². The SMILES string of the molecule is Cn1cc(Cn2cc(C34CC5CC(CC(Br)(C5)C3)C4)nn2)cn1. The van der Waals surface area contributed by atoms with Crippen molar-refractivity contribution in [1.29, 1.82) is 0 Å². The molecule has 0 aliphatic heterocycles. The van der Waals surface area contributed by atoms with Crippen molar-refractivity contribution in [2.45, 2.75) is 54.8 Å². The summed E-state index contributed by atoms with van der Waals surface area (Å²) in [6.45, 7) is 0.753. The molecule has 4 bridgehead atoms. The normalized spacial score (nSPS) is 38.3. The van der Waals surface area contributed by atoms with Gasteiger partial charge in [-0.2, -0.15) is 5.10 Å². The molecule has 4 aliphatic carbocycles. The molecule has 0 N–H and O–H groups in total. The van der Waals surface area contributed by atoms with Crippen LogP contribution in [0.4, 0.5) is 0 Å². The Balaban J connectivity index is 1.44. The predicted molar refractivity (Wildman–Crippen MR) is 90.4 cm³/mol. The number of hydrogen-bond donors (Lipinski definition) is 0. The number of nitrogens with zero attached hydrogens (tertiary/aromatic N) is 5. The minimum Gasteiger partial charge on any atom is -0.275 e. The highest BCUT2D eigenvalue weighted by Gasteiger charge is 2.58. The molecule has 2 atom stereocenters. The second-order valence-electron chi connectivity index (χ2n) is 8.22. The zero-order valence-electron chi connectivity index (χ0n) is 13.5. The van der Waals surface area contributed by atoms with E-state index < -0.39 is 0 Å². The summed E-state index contributed by atoms with van der Waals surface area (Å²) >= 11 is 4.09. The van der Waals surface area contributed by atoms with E-state index in [4.69, 9.17) is 0 Å². The smallest absolute Gasteiger partial charge is 0.0889 e. The molecule has 6 rings (SSSR count). The molecule has 122 valence electrons. The lowest BCUT2D eigenvalue weighted by molar-refractivity contribution is 0.0127. The van der Waals surface area contributed by atoms with Gasteiger partial charge in [-0.15, -0.1) is 5.10 Å². The van der Waals surface area contributed by atoms with E-state index in [0.717, 1.165) is 18.4 Å². The first-order valence-electron chi connectivity index (χ1n) is 8.59. The fraction of sp³-hybridized carbons (Fsp3) is 0.706. The Kier molecular flexibility index (Phi) is 2.89. The van der Waals surface area contributed by atoms with Gasteiger partial charge in [0.2, 0.25) is 0 Å². The van der Waals surface area contributed by atoms with Crippen LogP contribution in [-0.4, -0.2) is 29.1 Å². The molecule has 2 heterocycles. The van der Waals surface area contributed by atoms with Gasteiger partial charge < -0.3 is 0 Å². The molecule has 2 unspecified atom stereocenters. The molecule has 5 nitrogen and oxygen atoms in total. The van der Waals surface area contributed by atoms with Crippen LogP contribution < -0.4 is 0 Å². The molecule has 4 fully saturated rings. The van der Waals surface area contributed by atoms with Gasteiger partial charge in [-0.3, -0.25) is 4.68 Å². The summed E-state index contributed by atoms with van der Waals surface area (Å²) in [4.78, 5) is 0. The van der Waals surface area contributed by atoms with E-state index in [1.54, 1.807) is 0 Å². The molecule has 0 aromatic carbocycles. The monoisotopic (exact) mass is 375 g/mol. The van der Waals surface area contributed by atoms with Crippen LogP contribution in [0.15, 0.2) is 18.6 Å². The van der Waals surface area contributed by atoms with Crippen LogP contribution in [-0.2, 0) is 19.0 Å². The van der Waals surface area contributed by atoms with Gasteiger partial charge in [-0.05, 0) is 50.4 Å². The highest BCUT2D eigenvalue weighted by atomic mass is 79.9.